The van der Waals surface area contributed by atoms with Crippen LogP contribution in [0, 0.1) is 0 Å². The number of carbonyl (C=O) groups is 2. The Morgan fingerprint density at radius 2 is 1.77 bits per heavy atom. The van der Waals surface area contributed by atoms with Gasteiger partial charge < -0.3 is 24.3 Å². The van der Waals surface area contributed by atoms with E-state index in [0.29, 0.717) is 4.57 Å². The summed E-state index contributed by atoms with van der Waals surface area (Å²) >= 11 is 32.7. The van der Waals surface area contributed by atoms with Gasteiger partial charge in [0.2, 0.25) is 0 Å². The van der Waals surface area contributed by atoms with Crippen molar-refractivity contribution in [2.24, 2.45) is 0 Å². The van der Waals surface area contributed by atoms with Crippen LogP contribution in [0.2, 0.25) is 0 Å². The Morgan fingerprint density at radius 3 is 2.27 bits per heavy atom. The van der Waals surface area contributed by atoms with Crippen molar-refractivity contribution < 1.29 is 28.9 Å². The molecule has 2 N–H and O–H groups in total. The van der Waals surface area contributed by atoms with Crippen molar-refractivity contribution in [2.75, 3.05) is 6.61 Å². The molecule has 2 rings (SSSR count). The fourth-order valence-electron chi connectivity index (χ4n) is 2.61. The van der Waals surface area contributed by atoms with Gasteiger partial charge in [0, 0.05) is 12.3 Å². The molecule has 1 aromatic heterocycles. The van der Waals surface area contributed by atoms with Gasteiger partial charge in [0.05, 0.1) is 0 Å². The number of nitrogens with zero attached hydrogens (tertiary/aromatic N) is 1. The number of H-pyrrole nitrogens is 1. The van der Waals surface area contributed by atoms with Crippen LogP contribution in [-0.4, -0.2) is 58.6 Å². The first-order valence-electron chi connectivity index (χ1n) is 7.76. The summed E-state index contributed by atoms with van der Waals surface area (Å²) in [6, 6.07) is 0.985. The number of aromatic nitrogens is 2. The van der Waals surface area contributed by atoms with Gasteiger partial charge in [-0.25, -0.2) is 19.0 Å². The molecule has 30 heavy (non-hydrogen) atoms. The molecule has 168 valence electrons. The number of hydrogen-bond donors (Lipinski definition) is 2. The minimum Gasteiger partial charge on any atom is -0.460 e. The lowest BCUT2D eigenvalue weighted by Crippen LogP contribution is -2.51. The van der Waals surface area contributed by atoms with Crippen LogP contribution in [0.5, 0.6) is 0 Å². The zero-order valence-corrected chi connectivity index (χ0v) is 19.1. The molecule has 0 spiro atoms. The maximum absolute atomic E-state index is 12.2. The van der Waals surface area contributed by atoms with Gasteiger partial charge in [-0.1, -0.05) is 69.6 Å². The fraction of sp³-hybridized carbons (Fsp3) is 0.571. The smallest absolute Gasteiger partial charge is 0.359 e. The zero-order chi connectivity index (χ0) is 23.1. The Balaban J connectivity index is 2.42. The van der Waals surface area contributed by atoms with Crippen molar-refractivity contribution in [2.45, 2.75) is 38.5 Å². The molecule has 1 aliphatic rings. The zero-order valence-electron chi connectivity index (χ0n) is 14.6. The van der Waals surface area contributed by atoms with Crippen molar-refractivity contribution in [3.8, 4) is 0 Å². The van der Waals surface area contributed by atoms with Gasteiger partial charge in [-0.05, 0) is 6.92 Å². The van der Waals surface area contributed by atoms with Crippen LogP contribution in [0.4, 0.5) is 0 Å². The van der Waals surface area contributed by atoms with Crippen LogP contribution in [-0.2, 0) is 23.8 Å². The highest BCUT2D eigenvalue weighted by molar-refractivity contribution is 6.76. The minimum absolute atomic E-state index is 0.521. The molecule has 1 aliphatic heterocycles. The molecule has 0 amide bonds. The Bertz CT molecular complexity index is 906. The van der Waals surface area contributed by atoms with Gasteiger partial charge in [-0.3, -0.25) is 4.79 Å². The van der Waals surface area contributed by atoms with Crippen molar-refractivity contribution in [3.63, 3.8) is 0 Å². The van der Waals surface area contributed by atoms with Gasteiger partial charge in [0.1, 0.15) is 18.3 Å². The van der Waals surface area contributed by atoms with E-state index in [4.69, 9.17) is 83.8 Å². The predicted molar refractivity (Wildman–Crippen MR) is 107 cm³/mol. The SMILES string of the molecule is C[C@]1(O)[C@H](OC(=O)C(Cl)(Cl)Cl)[C@@H](COC(=O)C(Cl)(Cl)Cl)O[C@H]1n1c(=O)cc[nH]c1=O. The molecule has 0 aromatic carbocycles. The maximum Gasteiger partial charge on any atom is 0.359 e. The van der Waals surface area contributed by atoms with Crippen LogP contribution >= 0.6 is 69.6 Å². The van der Waals surface area contributed by atoms with Crippen LogP contribution in [0.3, 0.4) is 0 Å². The molecule has 10 nitrogen and oxygen atoms in total. The highest BCUT2D eigenvalue weighted by Gasteiger charge is 2.58. The standard InChI is InChI=1S/C14H12Cl6N2O8/c1-12(27)7(30-10(25)14(18,19)20)5(4-28-9(24)13(15,16)17)29-8(12)22-6(23)2-3-21-11(22)26/h2-3,5,7-8,27H,4H2,1H3,(H,21,26)/t5-,7-,8-,12+/m1/s1. The van der Waals surface area contributed by atoms with Crippen LogP contribution in [0.25, 0.3) is 0 Å². The molecule has 16 heteroatoms. The Hall–Kier alpha value is -0.720. The van der Waals surface area contributed by atoms with E-state index < -0.39 is 61.4 Å². The number of esters is 2. The number of carbonyl (C=O) groups excluding carboxylic acids is 2. The summed E-state index contributed by atoms with van der Waals surface area (Å²) in [5, 5.41) is 11.0. The molecule has 1 saturated heterocycles. The third kappa shape index (κ3) is 5.55. The molecule has 0 unspecified atom stereocenters. The number of aliphatic hydroxyl groups is 1. The number of hydrogen-bond acceptors (Lipinski definition) is 8. The first kappa shape index (κ1) is 25.5. The lowest BCUT2D eigenvalue weighted by atomic mass is 9.96. The summed E-state index contributed by atoms with van der Waals surface area (Å²) in [5.41, 5.74) is -4.03. The quantitative estimate of drug-likeness (QED) is 0.425. The summed E-state index contributed by atoms with van der Waals surface area (Å²) in [6.07, 6.45) is -3.75. The van der Waals surface area contributed by atoms with Gasteiger partial charge in [0.25, 0.3) is 13.1 Å². The van der Waals surface area contributed by atoms with Crippen molar-refractivity contribution in [1.29, 1.82) is 0 Å². The number of aromatic amines is 1. The van der Waals surface area contributed by atoms with E-state index in [2.05, 4.69) is 4.98 Å². The Kier molecular flexibility index (Phi) is 7.69. The van der Waals surface area contributed by atoms with E-state index in [-0.39, 0.29) is 0 Å². The Labute approximate surface area is 197 Å². The monoisotopic (exact) mass is 546 g/mol. The van der Waals surface area contributed by atoms with Crippen molar-refractivity contribution in [1.82, 2.24) is 9.55 Å². The molecular weight excluding hydrogens is 537 g/mol. The molecule has 0 aliphatic carbocycles. The van der Waals surface area contributed by atoms with Crippen LogP contribution in [0.1, 0.15) is 13.2 Å². The van der Waals surface area contributed by atoms with E-state index in [9.17, 15) is 24.3 Å². The van der Waals surface area contributed by atoms with E-state index in [1.54, 1.807) is 0 Å². The van der Waals surface area contributed by atoms with Crippen molar-refractivity contribution >= 4 is 81.5 Å². The molecule has 0 bridgehead atoms. The first-order chi connectivity index (χ1) is 13.6. The molecule has 0 saturated carbocycles. The molecule has 0 radical (unpaired) electrons. The molecule has 4 atom stereocenters. The van der Waals surface area contributed by atoms with Gasteiger partial charge >= 0.3 is 17.6 Å². The second-order valence-corrected chi connectivity index (χ2v) is 10.7. The van der Waals surface area contributed by atoms with Gasteiger partial charge in [-0.2, -0.15) is 0 Å². The second-order valence-electron chi connectivity index (χ2n) is 6.16. The predicted octanol–water partition coefficient (Wildman–Crippen LogP) is 1.38. The number of rotatable bonds is 4. The summed E-state index contributed by atoms with van der Waals surface area (Å²) in [4.78, 5) is 50.2. The summed E-state index contributed by atoms with van der Waals surface area (Å²) < 4.78 is 10.9. The summed E-state index contributed by atoms with van der Waals surface area (Å²) in [5.74, 6) is -2.71. The number of halogens is 6. The highest BCUT2D eigenvalue weighted by Crippen LogP contribution is 2.41. The Morgan fingerprint density at radius 1 is 1.20 bits per heavy atom. The third-order valence-corrected chi connectivity index (χ3v) is 4.84. The normalized spacial score (nSPS) is 27.0. The minimum atomic E-state index is -2.53. The fourth-order valence-corrected chi connectivity index (χ4v) is 2.91. The maximum atomic E-state index is 12.2. The van der Waals surface area contributed by atoms with E-state index in [0.717, 1.165) is 19.2 Å². The molecule has 2 heterocycles. The van der Waals surface area contributed by atoms with Gasteiger partial charge in [0.15, 0.2) is 12.3 Å². The first-order valence-corrected chi connectivity index (χ1v) is 10.0. The van der Waals surface area contributed by atoms with Crippen LogP contribution < -0.4 is 11.2 Å². The number of alkyl halides is 6. The average molecular weight is 549 g/mol. The van der Waals surface area contributed by atoms with E-state index in [1.807, 2.05) is 0 Å². The third-order valence-electron chi connectivity index (χ3n) is 3.92. The molecule has 1 fully saturated rings. The largest absolute Gasteiger partial charge is 0.460 e. The van der Waals surface area contributed by atoms with E-state index >= 15 is 0 Å². The highest BCUT2D eigenvalue weighted by atomic mass is 35.6. The van der Waals surface area contributed by atoms with Gasteiger partial charge in [-0.15, -0.1) is 0 Å². The number of nitrogens with one attached hydrogen (secondary N) is 1. The molecular formula is C14H12Cl6N2O8. The number of ether oxygens (including phenoxy) is 3. The topological polar surface area (TPSA) is 137 Å². The lowest BCUT2D eigenvalue weighted by Gasteiger charge is -2.30. The van der Waals surface area contributed by atoms with Crippen LogP contribution in [0.15, 0.2) is 21.9 Å². The van der Waals surface area contributed by atoms with Crippen molar-refractivity contribution in [3.05, 3.63) is 33.1 Å². The molecule has 1 aromatic rings. The average Bonchev–Trinajstić information content (AvgIpc) is 2.82. The summed E-state index contributed by atoms with van der Waals surface area (Å²) in [6.45, 7) is 0.361. The van der Waals surface area contributed by atoms with E-state index in [1.165, 1.54) is 0 Å². The lowest BCUT2D eigenvalue weighted by molar-refractivity contribution is -0.164. The second kappa shape index (κ2) is 9.03. The summed E-state index contributed by atoms with van der Waals surface area (Å²) in [7, 11) is 0.